The van der Waals surface area contributed by atoms with Gasteiger partial charge in [0.2, 0.25) is 0 Å². The molecular weight excluding hydrogens is 274 g/mol. The van der Waals surface area contributed by atoms with Crippen LogP contribution in [0.25, 0.3) is 10.8 Å². The van der Waals surface area contributed by atoms with Crippen molar-refractivity contribution in [3.63, 3.8) is 0 Å². The predicted octanol–water partition coefficient (Wildman–Crippen LogP) is 2.99. The molecule has 0 unspecified atom stereocenters. The molecule has 3 rings (SSSR count). The van der Waals surface area contributed by atoms with E-state index in [4.69, 9.17) is 4.84 Å². The largest absolute Gasteiger partial charge is 0.284 e. The lowest BCUT2D eigenvalue weighted by atomic mass is 10.1. The highest BCUT2D eigenvalue weighted by Crippen LogP contribution is 2.24. The van der Waals surface area contributed by atoms with Gasteiger partial charge in [-0.3, -0.25) is 4.84 Å². The summed E-state index contributed by atoms with van der Waals surface area (Å²) in [6.45, 7) is 0. The normalized spacial score (nSPS) is 16.8. The van der Waals surface area contributed by atoms with E-state index in [2.05, 4.69) is 4.89 Å². The van der Waals surface area contributed by atoms with Crippen LogP contribution in [-0.4, -0.2) is 14.5 Å². The van der Waals surface area contributed by atoms with Gasteiger partial charge in [-0.05, 0) is 24.3 Å². The van der Waals surface area contributed by atoms with Gasteiger partial charge in [-0.25, -0.2) is 8.42 Å². The molecule has 20 heavy (non-hydrogen) atoms. The molecule has 1 saturated carbocycles. The fourth-order valence-electron chi connectivity index (χ4n) is 2.61. The monoisotopic (exact) mass is 291 g/mol. The van der Waals surface area contributed by atoms with Gasteiger partial charge < -0.3 is 0 Å². The topological polar surface area (TPSA) is 55.4 Å². The van der Waals surface area contributed by atoms with Gasteiger partial charge in [0.15, 0.2) is 0 Å². The minimum Gasteiger partial charge on any atom is -0.284 e. The Bertz CT molecular complexity index is 701. The third kappa shape index (κ3) is 2.70. The maximum atomic E-state index is 12.4. The fraction of sp³-hybridized carbons (Fsp3) is 0.333. The standard InChI is InChI=1S/C15H17NO3S/c17-20(18,16-19-13-8-2-3-9-13)15-11-5-7-12-6-1-4-10-14(12)15/h1,4-7,10-11,13,16H,2-3,8-9H2. The van der Waals surface area contributed by atoms with Gasteiger partial charge in [-0.15, -0.1) is 0 Å². The van der Waals surface area contributed by atoms with E-state index in [9.17, 15) is 8.42 Å². The molecule has 0 aliphatic heterocycles. The van der Waals surface area contributed by atoms with Crippen LogP contribution >= 0.6 is 0 Å². The van der Waals surface area contributed by atoms with Crippen molar-refractivity contribution in [3.8, 4) is 0 Å². The Morgan fingerprint density at radius 2 is 1.70 bits per heavy atom. The Hall–Kier alpha value is -1.43. The number of nitrogens with one attached hydrogen (secondary N) is 1. The van der Waals surface area contributed by atoms with Gasteiger partial charge in [0.25, 0.3) is 10.0 Å². The lowest BCUT2D eigenvalue weighted by Crippen LogP contribution is -2.28. The molecule has 1 N–H and O–H groups in total. The average molecular weight is 291 g/mol. The Morgan fingerprint density at radius 1 is 1.00 bits per heavy atom. The molecule has 1 aliphatic carbocycles. The Balaban J connectivity index is 1.88. The minimum atomic E-state index is -3.65. The third-order valence-corrected chi connectivity index (χ3v) is 4.92. The first-order chi connectivity index (χ1) is 9.67. The number of benzene rings is 2. The summed E-state index contributed by atoms with van der Waals surface area (Å²) in [4.78, 5) is 7.87. The smallest absolute Gasteiger partial charge is 0.263 e. The second-order valence-corrected chi connectivity index (χ2v) is 6.70. The van der Waals surface area contributed by atoms with Crippen LogP contribution in [-0.2, 0) is 14.9 Å². The zero-order valence-electron chi connectivity index (χ0n) is 11.1. The summed E-state index contributed by atoms with van der Waals surface area (Å²) in [5, 5.41) is 1.61. The van der Waals surface area contributed by atoms with Crippen molar-refractivity contribution in [1.82, 2.24) is 4.89 Å². The average Bonchev–Trinajstić information content (AvgIpc) is 2.98. The number of fused-ring (bicyclic) bond motifs is 1. The lowest BCUT2D eigenvalue weighted by Gasteiger charge is -2.13. The van der Waals surface area contributed by atoms with Crippen molar-refractivity contribution in [2.75, 3.05) is 0 Å². The zero-order valence-corrected chi connectivity index (χ0v) is 11.9. The Labute approximate surface area is 118 Å². The minimum absolute atomic E-state index is 0.000230. The van der Waals surface area contributed by atoms with Crippen LogP contribution in [0.2, 0.25) is 0 Å². The van der Waals surface area contributed by atoms with Crippen LogP contribution in [0, 0.1) is 0 Å². The van der Waals surface area contributed by atoms with E-state index in [0.29, 0.717) is 5.39 Å². The maximum absolute atomic E-state index is 12.4. The van der Waals surface area contributed by atoms with Gasteiger partial charge in [0.05, 0.1) is 11.0 Å². The summed E-state index contributed by atoms with van der Waals surface area (Å²) in [5.74, 6) is 0. The quantitative estimate of drug-likeness (QED) is 0.881. The highest BCUT2D eigenvalue weighted by Gasteiger charge is 2.21. The van der Waals surface area contributed by atoms with Crippen LogP contribution in [0.5, 0.6) is 0 Å². The summed E-state index contributed by atoms with van der Waals surface area (Å²) in [7, 11) is -3.65. The number of hydrogen-bond donors (Lipinski definition) is 1. The van der Waals surface area contributed by atoms with Gasteiger partial charge >= 0.3 is 0 Å². The second-order valence-electron chi connectivity index (χ2n) is 5.09. The zero-order chi connectivity index (χ0) is 14.0. The van der Waals surface area contributed by atoms with Crippen molar-refractivity contribution in [3.05, 3.63) is 42.5 Å². The van der Waals surface area contributed by atoms with E-state index in [0.717, 1.165) is 31.1 Å². The van der Waals surface area contributed by atoms with Crippen LogP contribution in [0.1, 0.15) is 25.7 Å². The molecular formula is C15H17NO3S. The molecule has 2 aromatic rings. The molecule has 0 atom stereocenters. The summed E-state index contributed by atoms with van der Waals surface area (Å²) in [5.41, 5.74) is 0. The van der Waals surface area contributed by atoms with Crippen molar-refractivity contribution < 1.29 is 13.3 Å². The Kier molecular flexibility index (Phi) is 3.74. The van der Waals surface area contributed by atoms with Crippen LogP contribution in [0.15, 0.2) is 47.4 Å². The van der Waals surface area contributed by atoms with Gasteiger partial charge in [0, 0.05) is 5.39 Å². The molecule has 0 spiro atoms. The summed E-state index contributed by atoms with van der Waals surface area (Å²) in [6, 6.07) is 12.7. The van der Waals surface area contributed by atoms with Crippen molar-refractivity contribution in [2.45, 2.75) is 36.7 Å². The van der Waals surface area contributed by atoms with Crippen molar-refractivity contribution in [2.24, 2.45) is 0 Å². The number of rotatable bonds is 4. The molecule has 0 aromatic heterocycles. The van der Waals surface area contributed by atoms with E-state index in [1.807, 2.05) is 24.3 Å². The highest BCUT2D eigenvalue weighted by molar-refractivity contribution is 7.89. The summed E-state index contributed by atoms with van der Waals surface area (Å²) < 4.78 is 24.7. The van der Waals surface area contributed by atoms with E-state index < -0.39 is 10.0 Å². The van der Waals surface area contributed by atoms with Crippen LogP contribution in [0.4, 0.5) is 0 Å². The summed E-state index contributed by atoms with van der Waals surface area (Å²) >= 11 is 0. The van der Waals surface area contributed by atoms with Crippen LogP contribution < -0.4 is 4.89 Å². The highest BCUT2D eigenvalue weighted by atomic mass is 32.2. The molecule has 2 aromatic carbocycles. The predicted molar refractivity (Wildman–Crippen MR) is 77.6 cm³/mol. The molecule has 4 nitrogen and oxygen atoms in total. The molecule has 106 valence electrons. The first-order valence-corrected chi connectivity index (χ1v) is 8.30. The van der Waals surface area contributed by atoms with Crippen LogP contribution in [0.3, 0.4) is 0 Å². The van der Waals surface area contributed by atoms with E-state index >= 15 is 0 Å². The molecule has 1 aliphatic rings. The van der Waals surface area contributed by atoms with E-state index in [1.165, 1.54) is 0 Å². The number of sulfonamides is 1. The van der Waals surface area contributed by atoms with E-state index in [-0.39, 0.29) is 11.0 Å². The van der Waals surface area contributed by atoms with E-state index in [1.54, 1.807) is 18.2 Å². The van der Waals surface area contributed by atoms with Gasteiger partial charge in [-0.1, -0.05) is 54.1 Å². The molecule has 0 bridgehead atoms. The first kappa shape index (κ1) is 13.5. The number of hydrogen-bond acceptors (Lipinski definition) is 3. The molecule has 5 heteroatoms. The maximum Gasteiger partial charge on any atom is 0.263 e. The molecule has 1 fully saturated rings. The molecule has 0 radical (unpaired) electrons. The molecule has 0 heterocycles. The fourth-order valence-corrected chi connectivity index (χ4v) is 3.70. The van der Waals surface area contributed by atoms with Gasteiger partial charge in [0.1, 0.15) is 0 Å². The van der Waals surface area contributed by atoms with Crippen molar-refractivity contribution in [1.29, 1.82) is 0 Å². The molecule has 0 saturated heterocycles. The molecule has 0 amide bonds. The lowest BCUT2D eigenvalue weighted by molar-refractivity contribution is 0.0224. The Morgan fingerprint density at radius 3 is 2.50 bits per heavy atom. The van der Waals surface area contributed by atoms with Gasteiger partial charge in [-0.2, -0.15) is 0 Å². The SMILES string of the molecule is O=S(=O)(NOC1CCCC1)c1cccc2ccccc12. The van der Waals surface area contributed by atoms with Crippen molar-refractivity contribution >= 4 is 20.8 Å². The second kappa shape index (κ2) is 5.52. The first-order valence-electron chi connectivity index (χ1n) is 6.82. The summed E-state index contributed by atoms with van der Waals surface area (Å²) in [6.07, 6.45) is 4.03. The third-order valence-electron chi connectivity index (χ3n) is 3.67.